The molecule has 10 heteroatoms. The maximum atomic E-state index is 11.9. The third kappa shape index (κ3) is 4.59. The molecular weight excluding hydrogens is 448 g/mol. The number of halogens is 1. The summed E-state index contributed by atoms with van der Waals surface area (Å²) in [7, 11) is -2.77. The lowest BCUT2D eigenvalue weighted by molar-refractivity contribution is 0.253. The van der Waals surface area contributed by atoms with Crippen LogP contribution in [0.25, 0.3) is 22.2 Å². The Hall–Kier alpha value is -3.40. The van der Waals surface area contributed by atoms with Crippen molar-refractivity contribution in [3.05, 3.63) is 72.5 Å². The fraction of sp³-hybridized carbons (Fsp3) is 0.0909. The van der Waals surface area contributed by atoms with E-state index in [2.05, 4.69) is 32.2 Å². The number of hydrogen-bond acceptors (Lipinski definition) is 7. The van der Waals surface area contributed by atoms with Gasteiger partial charge in [-0.25, -0.2) is 19.0 Å². The van der Waals surface area contributed by atoms with Gasteiger partial charge in [-0.15, -0.1) is 0 Å². The van der Waals surface area contributed by atoms with Crippen molar-refractivity contribution in [3.63, 3.8) is 0 Å². The van der Waals surface area contributed by atoms with E-state index in [1.165, 1.54) is 18.5 Å². The first-order chi connectivity index (χ1) is 15.2. The number of nitrogens with one attached hydrogen (secondary N) is 4. The van der Waals surface area contributed by atoms with Crippen molar-refractivity contribution in [1.29, 1.82) is 4.78 Å². The monoisotopic (exact) mass is 468 g/mol. The standard InChI is InChI=1S/C22H21ClN6O2S/c1-3-20(30)27-14-6-9-16-17(11-25-19(16)10-14)21-18(23)12-26-22(29-21)28-13-4-7-15(8-5-13)32(2,24)31/h3-12,20,24-25,27,30H,1H2,2H3,(H,26,28,29). The van der Waals surface area contributed by atoms with Crippen molar-refractivity contribution in [2.75, 3.05) is 16.9 Å². The number of aromatic amines is 1. The van der Waals surface area contributed by atoms with Crippen LogP contribution in [-0.4, -0.2) is 36.8 Å². The molecule has 0 saturated heterocycles. The van der Waals surface area contributed by atoms with Crippen molar-refractivity contribution in [1.82, 2.24) is 15.0 Å². The number of benzene rings is 2. The van der Waals surface area contributed by atoms with Crippen LogP contribution in [0.15, 0.2) is 72.4 Å². The third-order valence-electron chi connectivity index (χ3n) is 4.78. The van der Waals surface area contributed by atoms with Gasteiger partial charge in [0.15, 0.2) is 0 Å². The number of hydrogen-bond donors (Lipinski definition) is 5. The number of anilines is 3. The van der Waals surface area contributed by atoms with E-state index in [0.717, 1.165) is 22.2 Å². The van der Waals surface area contributed by atoms with E-state index in [-0.39, 0.29) is 0 Å². The van der Waals surface area contributed by atoms with E-state index in [0.29, 0.717) is 27.2 Å². The highest BCUT2D eigenvalue weighted by Crippen LogP contribution is 2.34. The zero-order valence-electron chi connectivity index (χ0n) is 17.1. The van der Waals surface area contributed by atoms with Gasteiger partial charge in [0, 0.05) is 45.2 Å². The number of fused-ring (bicyclic) bond motifs is 1. The minimum absolute atomic E-state index is 0.349. The molecule has 0 aliphatic rings. The molecule has 0 aliphatic heterocycles. The number of aliphatic hydroxyl groups excluding tert-OH is 1. The lowest BCUT2D eigenvalue weighted by atomic mass is 10.1. The van der Waals surface area contributed by atoms with Crippen LogP contribution >= 0.6 is 11.6 Å². The fourth-order valence-corrected chi connectivity index (χ4v) is 4.03. The molecule has 2 heterocycles. The molecule has 32 heavy (non-hydrogen) atoms. The molecule has 4 aromatic rings. The van der Waals surface area contributed by atoms with Gasteiger partial charge in [-0.1, -0.05) is 24.2 Å². The predicted molar refractivity (Wildman–Crippen MR) is 129 cm³/mol. The Balaban J connectivity index is 1.64. The van der Waals surface area contributed by atoms with Crippen LogP contribution < -0.4 is 10.6 Å². The molecule has 8 nitrogen and oxygen atoms in total. The Morgan fingerprint density at radius 2 is 1.97 bits per heavy atom. The summed E-state index contributed by atoms with van der Waals surface area (Å²) in [5.41, 5.74) is 3.64. The van der Waals surface area contributed by atoms with Crippen LogP contribution in [0.5, 0.6) is 0 Å². The molecule has 0 saturated carbocycles. The number of aliphatic hydroxyl groups is 1. The van der Waals surface area contributed by atoms with Gasteiger partial charge < -0.3 is 20.7 Å². The highest BCUT2D eigenvalue weighted by atomic mass is 35.5. The maximum Gasteiger partial charge on any atom is 0.227 e. The van der Waals surface area contributed by atoms with Crippen LogP contribution in [0.1, 0.15) is 0 Å². The summed E-state index contributed by atoms with van der Waals surface area (Å²) in [5.74, 6) is 0.349. The minimum atomic E-state index is -2.77. The van der Waals surface area contributed by atoms with E-state index in [4.69, 9.17) is 16.4 Å². The van der Waals surface area contributed by atoms with Crippen molar-refractivity contribution in [3.8, 4) is 11.3 Å². The molecule has 2 atom stereocenters. The fourth-order valence-electron chi connectivity index (χ4n) is 3.18. The Bertz CT molecular complexity index is 1400. The number of rotatable bonds is 7. The number of nitrogens with zero attached hydrogens (tertiary/aromatic N) is 2. The van der Waals surface area contributed by atoms with Gasteiger partial charge in [0.2, 0.25) is 5.95 Å². The first-order valence-electron chi connectivity index (χ1n) is 9.57. The summed E-state index contributed by atoms with van der Waals surface area (Å²) < 4.78 is 19.5. The topological polar surface area (TPSA) is 127 Å². The summed E-state index contributed by atoms with van der Waals surface area (Å²) in [6, 6.07) is 12.4. The number of aromatic nitrogens is 3. The molecule has 2 unspecified atom stereocenters. The predicted octanol–water partition coefficient (Wildman–Crippen LogP) is 4.97. The Morgan fingerprint density at radius 1 is 1.25 bits per heavy atom. The molecule has 2 aromatic heterocycles. The van der Waals surface area contributed by atoms with Crippen molar-refractivity contribution >= 4 is 49.6 Å². The maximum absolute atomic E-state index is 11.9. The zero-order chi connectivity index (χ0) is 22.9. The van der Waals surface area contributed by atoms with Gasteiger partial charge in [-0.2, -0.15) is 0 Å². The summed E-state index contributed by atoms with van der Waals surface area (Å²) in [5, 5.41) is 17.0. The van der Waals surface area contributed by atoms with E-state index in [9.17, 15) is 9.32 Å². The van der Waals surface area contributed by atoms with Crippen molar-refractivity contribution < 1.29 is 9.32 Å². The molecule has 0 spiro atoms. The second-order valence-corrected chi connectivity index (χ2v) is 9.74. The van der Waals surface area contributed by atoms with Gasteiger partial charge in [-0.05, 0) is 42.5 Å². The van der Waals surface area contributed by atoms with Gasteiger partial charge >= 0.3 is 0 Å². The SMILES string of the molecule is C=CC(O)Nc1ccc2c(-c3nc(Nc4ccc(S(C)(=N)=O)cc4)ncc3Cl)c[nH]c2c1. The van der Waals surface area contributed by atoms with E-state index in [1.54, 1.807) is 24.3 Å². The largest absolute Gasteiger partial charge is 0.370 e. The second kappa shape index (κ2) is 8.62. The molecule has 0 amide bonds. The number of H-pyrrole nitrogens is 1. The highest BCUT2D eigenvalue weighted by Gasteiger charge is 2.14. The summed E-state index contributed by atoms with van der Waals surface area (Å²) in [4.78, 5) is 12.5. The van der Waals surface area contributed by atoms with Gasteiger partial charge in [0.25, 0.3) is 0 Å². The van der Waals surface area contributed by atoms with Crippen molar-refractivity contribution in [2.45, 2.75) is 11.1 Å². The molecule has 2 aromatic carbocycles. The van der Waals surface area contributed by atoms with Gasteiger partial charge in [0.05, 0.1) is 26.6 Å². The normalized spacial score (nSPS) is 14.0. The van der Waals surface area contributed by atoms with Crippen LogP contribution in [0.4, 0.5) is 17.3 Å². The lowest BCUT2D eigenvalue weighted by Gasteiger charge is -2.10. The van der Waals surface area contributed by atoms with Gasteiger partial charge in [-0.3, -0.25) is 0 Å². The lowest BCUT2D eigenvalue weighted by Crippen LogP contribution is -2.14. The summed E-state index contributed by atoms with van der Waals surface area (Å²) in [6.07, 6.45) is 5.29. The first-order valence-corrected chi connectivity index (χ1v) is 11.9. The van der Waals surface area contributed by atoms with E-state index in [1.807, 2.05) is 24.4 Å². The van der Waals surface area contributed by atoms with E-state index >= 15 is 0 Å². The molecular formula is C22H21ClN6O2S. The molecule has 164 valence electrons. The smallest absolute Gasteiger partial charge is 0.227 e. The zero-order valence-corrected chi connectivity index (χ0v) is 18.7. The minimum Gasteiger partial charge on any atom is -0.370 e. The summed E-state index contributed by atoms with van der Waals surface area (Å²) in [6.45, 7) is 3.55. The second-order valence-electron chi connectivity index (χ2n) is 7.17. The first kappa shape index (κ1) is 21.8. The molecule has 0 aliphatic carbocycles. The third-order valence-corrected chi connectivity index (χ3v) is 6.23. The molecule has 4 rings (SSSR count). The molecule has 0 bridgehead atoms. The molecule has 0 radical (unpaired) electrons. The quantitative estimate of drug-likeness (QED) is 0.192. The van der Waals surface area contributed by atoms with Crippen LogP contribution in [0.3, 0.4) is 0 Å². The Morgan fingerprint density at radius 3 is 2.66 bits per heavy atom. The molecule has 5 N–H and O–H groups in total. The highest BCUT2D eigenvalue weighted by molar-refractivity contribution is 7.91. The van der Waals surface area contributed by atoms with Gasteiger partial charge in [0.1, 0.15) is 6.23 Å². The Kier molecular flexibility index (Phi) is 5.88. The average Bonchev–Trinajstić information content (AvgIpc) is 3.18. The summed E-state index contributed by atoms with van der Waals surface area (Å²) >= 11 is 6.40. The average molecular weight is 469 g/mol. The van der Waals surface area contributed by atoms with Crippen LogP contribution in [0.2, 0.25) is 5.02 Å². The van der Waals surface area contributed by atoms with Crippen molar-refractivity contribution in [2.24, 2.45) is 0 Å². The van der Waals surface area contributed by atoms with Crippen LogP contribution in [0, 0.1) is 4.78 Å². The molecule has 0 fully saturated rings. The van der Waals surface area contributed by atoms with E-state index < -0.39 is 16.0 Å². The van der Waals surface area contributed by atoms with Crippen LogP contribution in [-0.2, 0) is 9.73 Å². The Labute approximate surface area is 190 Å².